The smallest absolute Gasteiger partial charge is 0.256 e. The minimum Gasteiger partial charge on any atom is -0.391 e. The van der Waals surface area contributed by atoms with Crippen molar-refractivity contribution in [3.8, 4) is 0 Å². The molecule has 0 unspecified atom stereocenters. The van der Waals surface area contributed by atoms with Crippen LogP contribution in [0, 0.1) is 20.8 Å². The van der Waals surface area contributed by atoms with Gasteiger partial charge in [-0.15, -0.1) is 0 Å². The Kier molecular flexibility index (Phi) is 6.38. The Labute approximate surface area is 172 Å². The van der Waals surface area contributed by atoms with Crippen LogP contribution in [-0.2, 0) is 6.54 Å². The molecule has 2 N–H and O–H groups in total. The normalized spacial score (nSPS) is 16.6. The maximum Gasteiger partial charge on any atom is 0.256 e. The number of nitrogens with one attached hydrogen (secondary N) is 1. The van der Waals surface area contributed by atoms with Gasteiger partial charge in [-0.3, -0.25) is 9.59 Å². The Morgan fingerprint density at radius 3 is 2.59 bits per heavy atom. The average Bonchev–Trinajstić information content (AvgIpc) is 2.67. The quantitative estimate of drug-likeness (QED) is 0.752. The number of amides is 1. The van der Waals surface area contributed by atoms with Gasteiger partial charge in [-0.1, -0.05) is 18.2 Å². The van der Waals surface area contributed by atoms with Gasteiger partial charge in [0.1, 0.15) is 0 Å². The first-order valence-corrected chi connectivity index (χ1v) is 10.2. The van der Waals surface area contributed by atoms with Gasteiger partial charge in [-0.05, 0) is 74.9 Å². The first-order chi connectivity index (χ1) is 13.8. The van der Waals surface area contributed by atoms with Gasteiger partial charge in [0.2, 0.25) is 0 Å². The fraction of sp³-hybridized carbons (Fsp3) is 0.417. The van der Waals surface area contributed by atoms with Crippen LogP contribution in [-0.4, -0.2) is 40.9 Å². The second-order valence-corrected chi connectivity index (χ2v) is 7.99. The van der Waals surface area contributed by atoms with Gasteiger partial charge in [0.25, 0.3) is 5.91 Å². The SMILES string of the molecule is CC(=O)c1c(C)cc(C)c(CNc2ccccc2C(=O)N2CCC[C@@H](O)C2)c1C. The maximum absolute atomic E-state index is 13.0. The highest BCUT2D eigenvalue weighted by atomic mass is 16.3. The van der Waals surface area contributed by atoms with E-state index in [1.807, 2.05) is 51.1 Å². The lowest BCUT2D eigenvalue weighted by Gasteiger charge is -2.30. The number of aryl methyl sites for hydroxylation is 2. The van der Waals surface area contributed by atoms with Crippen LogP contribution in [0.3, 0.4) is 0 Å². The van der Waals surface area contributed by atoms with E-state index in [2.05, 4.69) is 5.32 Å². The van der Waals surface area contributed by atoms with Crippen molar-refractivity contribution in [2.45, 2.75) is 53.2 Å². The van der Waals surface area contributed by atoms with E-state index in [0.717, 1.165) is 46.3 Å². The molecule has 3 rings (SSSR count). The molecular formula is C24H30N2O3. The predicted molar refractivity (Wildman–Crippen MR) is 116 cm³/mol. The van der Waals surface area contributed by atoms with Gasteiger partial charge < -0.3 is 15.3 Å². The summed E-state index contributed by atoms with van der Waals surface area (Å²) in [6.07, 6.45) is 1.11. The van der Waals surface area contributed by atoms with Crippen molar-refractivity contribution in [2.24, 2.45) is 0 Å². The number of nitrogens with zero attached hydrogens (tertiary/aromatic N) is 1. The molecule has 1 fully saturated rings. The Morgan fingerprint density at radius 2 is 1.90 bits per heavy atom. The van der Waals surface area contributed by atoms with E-state index in [1.165, 1.54) is 0 Å². The molecule has 5 heteroatoms. The molecule has 1 atom stereocenters. The molecule has 0 saturated carbocycles. The maximum atomic E-state index is 13.0. The summed E-state index contributed by atoms with van der Waals surface area (Å²) in [7, 11) is 0. The van der Waals surface area contributed by atoms with Crippen molar-refractivity contribution < 1.29 is 14.7 Å². The van der Waals surface area contributed by atoms with E-state index in [4.69, 9.17) is 0 Å². The zero-order chi connectivity index (χ0) is 21.1. The highest BCUT2D eigenvalue weighted by Gasteiger charge is 2.24. The number of aliphatic hydroxyl groups excluding tert-OH is 1. The topological polar surface area (TPSA) is 69.6 Å². The minimum atomic E-state index is -0.448. The molecule has 154 valence electrons. The fourth-order valence-corrected chi connectivity index (χ4v) is 4.36. The van der Waals surface area contributed by atoms with Crippen LogP contribution >= 0.6 is 0 Å². The molecule has 29 heavy (non-hydrogen) atoms. The largest absolute Gasteiger partial charge is 0.391 e. The Morgan fingerprint density at radius 1 is 1.17 bits per heavy atom. The number of β-amino-alcohol motifs (C(OH)–C–C–N with tert-alkyl or cyclic N) is 1. The Balaban J connectivity index is 1.85. The summed E-state index contributed by atoms with van der Waals surface area (Å²) in [4.78, 5) is 26.8. The number of carbonyl (C=O) groups is 2. The molecule has 0 bridgehead atoms. The molecule has 1 aliphatic heterocycles. The summed E-state index contributed by atoms with van der Waals surface area (Å²) in [6.45, 7) is 9.18. The predicted octanol–water partition coefficient (Wildman–Crippen LogP) is 4.02. The highest BCUT2D eigenvalue weighted by Crippen LogP contribution is 2.25. The molecule has 1 saturated heterocycles. The van der Waals surface area contributed by atoms with Gasteiger partial charge in [0, 0.05) is 30.9 Å². The van der Waals surface area contributed by atoms with E-state index in [1.54, 1.807) is 11.8 Å². The fourth-order valence-electron chi connectivity index (χ4n) is 4.36. The minimum absolute atomic E-state index is 0.0615. The molecule has 0 spiro atoms. The van der Waals surface area contributed by atoms with Crippen LogP contribution in [0.4, 0.5) is 5.69 Å². The number of likely N-dealkylation sites (tertiary alicyclic amines) is 1. The van der Waals surface area contributed by atoms with Crippen molar-refractivity contribution in [1.29, 1.82) is 0 Å². The number of benzene rings is 2. The number of hydrogen-bond acceptors (Lipinski definition) is 4. The van der Waals surface area contributed by atoms with Crippen LogP contribution in [0.2, 0.25) is 0 Å². The second kappa shape index (κ2) is 8.78. The third-order valence-corrected chi connectivity index (χ3v) is 5.78. The van der Waals surface area contributed by atoms with Crippen molar-refractivity contribution in [2.75, 3.05) is 18.4 Å². The van der Waals surface area contributed by atoms with Crippen LogP contribution in [0.25, 0.3) is 0 Å². The molecule has 1 aliphatic rings. The lowest BCUT2D eigenvalue weighted by atomic mass is 9.91. The summed E-state index contributed by atoms with van der Waals surface area (Å²) < 4.78 is 0. The lowest BCUT2D eigenvalue weighted by molar-refractivity contribution is 0.0474. The van der Waals surface area contributed by atoms with Crippen LogP contribution in [0.1, 0.15) is 62.7 Å². The monoisotopic (exact) mass is 394 g/mol. The van der Waals surface area contributed by atoms with Gasteiger partial charge >= 0.3 is 0 Å². The average molecular weight is 395 g/mol. The number of rotatable bonds is 5. The number of piperidine rings is 1. The van der Waals surface area contributed by atoms with E-state index < -0.39 is 6.10 Å². The van der Waals surface area contributed by atoms with Crippen molar-refractivity contribution >= 4 is 17.4 Å². The number of anilines is 1. The van der Waals surface area contributed by atoms with E-state index in [0.29, 0.717) is 25.2 Å². The highest BCUT2D eigenvalue weighted by molar-refractivity contribution is 6.00. The number of para-hydroxylation sites is 1. The zero-order valence-electron chi connectivity index (χ0n) is 17.7. The number of Topliss-reactive ketones (excluding diaryl/α,β-unsaturated/α-hetero) is 1. The number of ketones is 1. The molecule has 0 aromatic heterocycles. The third kappa shape index (κ3) is 4.51. The first-order valence-electron chi connectivity index (χ1n) is 10.2. The summed E-state index contributed by atoms with van der Waals surface area (Å²) >= 11 is 0. The van der Waals surface area contributed by atoms with Gasteiger partial charge in [-0.25, -0.2) is 0 Å². The van der Waals surface area contributed by atoms with Crippen molar-refractivity contribution in [3.05, 3.63) is 63.7 Å². The summed E-state index contributed by atoms with van der Waals surface area (Å²) in [6, 6.07) is 9.53. The van der Waals surface area contributed by atoms with Gasteiger partial charge in [0.15, 0.2) is 5.78 Å². The van der Waals surface area contributed by atoms with Gasteiger partial charge in [-0.2, -0.15) is 0 Å². The van der Waals surface area contributed by atoms with E-state index in [9.17, 15) is 14.7 Å². The molecule has 1 heterocycles. The number of aliphatic hydroxyl groups is 1. The molecule has 5 nitrogen and oxygen atoms in total. The standard InChI is InChI=1S/C24H30N2O3/c1-15-12-16(2)23(18(4)27)17(3)21(15)13-25-22-10-6-5-9-20(22)24(29)26-11-7-8-19(28)14-26/h5-6,9-10,12,19,25,28H,7-8,11,13-14H2,1-4H3/t19-/m1/s1. The lowest BCUT2D eigenvalue weighted by Crippen LogP contribution is -2.42. The number of carbonyl (C=O) groups excluding carboxylic acids is 2. The summed E-state index contributed by atoms with van der Waals surface area (Å²) in [5.41, 5.74) is 6.34. The van der Waals surface area contributed by atoms with Crippen molar-refractivity contribution in [3.63, 3.8) is 0 Å². The molecular weight excluding hydrogens is 364 g/mol. The number of hydrogen-bond donors (Lipinski definition) is 2. The zero-order valence-corrected chi connectivity index (χ0v) is 17.7. The molecule has 0 aliphatic carbocycles. The van der Waals surface area contributed by atoms with Gasteiger partial charge in [0.05, 0.1) is 11.7 Å². The molecule has 0 radical (unpaired) electrons. The van der Waals surface area contributed by atoms with Crippen LogP contribution in [0.5, 0.6) is 0 Å². The molecule has 1 amide bonds. The van der Waals surface area contributed by atoms with Crippen LogP contribution < -0.4 is 5.32 Å². The van der Waals surface area contributed by atoms with Crippen LogP contribution in [0.15, 0.2) is 30.3 Å². The molecule has 2 aromatic carbocycles. The van der Waals surface area contributed by atoms with E-state index >= 15 is 0 Å². The van der Waals surface area contributed by atoms with E-state index in [-0.39, 0.29) is 11.7 Å². The summed E-state index contributed by atoms with van der Waals surface area (Å²) in [5.74, 6) is 0.00843. The summed E-state index contributed by atoms with van der Waals surface area (Å²) in [5, 5.41) is 13.3. The Hall–Kier alpha value is -2.66. The van der Waals surface area contributed by atoms with Crippen molar-refractivity contribution in [1.82, 2.24) is 4.90 Å². The molecule has 2 aromatic rings. The Bertz CT molecular complexity index is 936. The third-order valence-electron chi connectivity index (χ3n) is 5.78. The second-order valence-electron chi connectivity index (χ2n) is 7.99. The first kappa shape index (κ1) is 21.1.